The molecule has 138 valence electrons. The fraction of sp³-hybridized carbons (Fsp3) is 0.438. The van der Waals surface area contributed by atoms with Gasteiger partial charge in [-0.3, -0.25) is 14.9 Å². The van der Waals surface area contributed by atoms with Crippen molar-refractivity contribution in [1.29, 1.82) is 0 Å². The summed E-state index contributed by atoms with van der Waals surface area (Å²) in [6, 6.07) is 5.13. The Balaban J connectivity index is 3.17. The van der Waals surface area contributed by atoms with E-state index < -0.39 is 32.9 Å². The number of amides is 1. The summed E-state index contributed by atoms with van der Waals surface area (Å²) in [5.74, 6) is -1.89. The Morgan fingerprint density at radius 2 is 1.92 bits per heavy atom. The third-order valence-electron chi connectivity index (χ3n) is 3.68. The van der Waals surface area contributed by atoms with Crippen LogP contribution in [0.5, 0.6) is 0 Å². The molecule has 1 amide bonds. The predicted molar refractivity (Wildman–Crippen MR) is 93.2 cm³/mol. The van der Waals surface area contributed by atoms with Crippen LogP contribution in [0.1, 0.15) is 31.4 Å². The van der Waals surface area contributed by atoms with Gasteiger partial charge in [-0.2, -0.15) is 0 Å². The molecule has 1 rings (SSSR count). The van der Waals surface area contributed by atoms with E-state index >= 15 is 0 Å². The van der Waals surface area contributed by atoms with Crippen LogP contribution < -0.4 is 0 Å². The number of aliphatic hydroxyl groups excluding tert-OH is 1. The maximum absolute atomic E-state index is 12.5. The molecule has 1 N–H and O–H groups in total. The first-order valence-electron chi connectivity index (χ1n) is 7.66. The number of sulfonamides is 1. The minimum atomic E-state index is -3.76. The molecule has 2 atom stereocenters. The second-order valence-electron chi connectivity index (χ2n) is 5.60. The van der Waals surface area contributed by atoms with E-state index in [1.165, 1.54) is 30.3 Å². The van der Waals surface area contributed by atoms with Gasteiger partial charge < -0.3 is 5.11 Å². The Morgan fingerprint density at radius 1 is 1.36 bits per heavy atom. The minimum absolute atomic E-state index is 0.145. The van der Waals surface area contributed by atoms with Gasteiger partial charge in [-0.1, -0.05) is 25.5 Å². The van der Waals surface area contributed by atoms with Crippen molar-refractivity contribution in [2.45, 2.75) is 25.9 Å². The summed E-state index contributed by atoms with van der Waals surface area (Å²) in [7, 11) is -2.64. The first kappa shape index (κ1) is 20.8. The zero-order valence-corrected chi connectivity index (χ0v) is 15.1. The number of nitro groups is 1. The molecular formula is C16H22N2O6S. The molecule has 1 aromatic rings. The molecule has 0 radical (unpaired) electrons. The summed E-state index contributed by atoms with van der Waals surface area (Å²) < 4.78 is 23.8. The largest absolute Gasteiger partial charge is 0.387 e. The van der Waals surface area contributed by atoms with Crippen molar-refractivity contribution in [3.63, 3.8) is 0 Å². The molecule has 8 nitrogen and oxygen atoms in total. The lowest BCUT2D eigenvalue weighted by Gasteiger charge is -2.24. The first-order chi connectivity index (χ1) is 11.6. The van der Waals surface area contributed by atoms with E-state index in [2.05, 4.69) is 0 Å². The summed E-state index contributed by atoms with van der Waals surface area (Å²) in [6.45, 7) is 1.94. The minimum Gasteiger partial charge on any atom is -0.387 e. The van der Waals surface area contributed by atoms with Gasteiger partial charge in [0.25, 0.3) is 5.69 Å². The number of carbonyl (C=O) groups is 1. The van der Waals surface area contributed by atoms with Crippen molar-refractivity contribution < 1.29 is 23.2 Å². The predicted octanol–water partition coefficient (Wildman–Crippen LogP) is 2.02. The van der Waals surface area contributed by atoms with Gasteiger partial charge in [0.15, 0.2) is 0 Å². The highest BCUT2D eigenvalue weighted by Crippen LogP contribution is 2.27. The zero-order chi connectivity index (χ0) is 19.2. The molecule has 0 unspecified atom stereocenters. The lowest BCUT2D eigenvalue weighted by molar-refractivity contribution is -0.384. The van der Waals surface area contributed by atoms with E-state index in [4.69, 9.17) is 0 Å². The maximum atomic E-state index is 12.5. The standard InChI is InChI=1S/C16H22N2O6S/c1-4-5-6-7-14(16(20)17(2)25(3,23)24)15(19)12-8-10-13(11-9-12)18(21)22/h6-11,14-15,19H,4-5H2,1-3H3/b7-6+/t14-,15-/m1/s1. The summed E-state index contributed by atoms with van der Waals surface area (Å²) in [5, 5.41) is 21.2. The fourth-order valence-electron chi connectivity index (χ4n) is 2.11. The molecule has 0 spiro atoms. The summed E-state index contributed by atoms with van der Waals surface area (Å²) >= 11 is 0. The highest BCUT2D eigenvalue weighted by atomic mass is 32.2. The Hall–Kier alpha value is -2.26. The van der Waals surface area contributed by atoms with Crippen molar-refractivity contribution in [3.05, 3.63) is 52.1 Å². The number of hydrogen-bond donors (Lipinski definition) is 1. The molecular weight excluding hydrogens is 348 g/mol. The van der Waals surface area contributed by atoms with E-state index in [0.717, 1.165) is 19.7 Å². The number of nitrogens with zero attached hydrogens (tertiary/aromatic N) is 2. The average molecular weight is 370 g/mol. The van der Waals surface area contributed by atoms with Crippen molar-refractivity contribution >= 4 is 21.6 Å². The molecule has 0 aliphatic heterocycles. The number of unbranched alkanes of at least 4 members (excludes halogenated alkanes) is 1. The number of benzene rings is 1. The van der Waals surface area contributed by atoms with Crippen molar-refractivity contribution in [1.82, 2.24) is 4.31 Å². The Kier molecular flexibility index (Phi) is 7.25. The second-order valence-corrected chi connectivity index (χ2v) is 7.62. The van der Waals surface area contributed by atoms with Crippen LogP contribution in [-0.2, 0) is 14.8 Å². The Bertz CT molecular complexity index is 742. The van der Waals surface area contributed by atoms with Crippen LogP contribution in [0.25, 0.3) is 0 Å². The Labute approximate surface area is 147 Å². The maximum Gasteiger partial charge on any atom is 0.269 e. The van der Waals surface area contributed by atoms with E-state index in [1.54, 1.807) is 6.08 Å². The smallest absolute Gasteiger partial charge is 0.269 e. The molecule has 0 saturated carbocycles. The van der Waals surface area contributed by atoms with Crippen LogP contribution in [-0.4, -0.2) is 42.0 Å². The van der Waals surface area contributed by atoms with E-state index in [-0.39, 0.29) is 11.3 Å². The number of aliphatic hydroxyl groups is 1. The molecule has 0 saturated heterocycles. The number of allylic oxidation sites excluding steroid dienone is 1. The monoisotopic (exact) mass is 370 g/mol. The molecule has 9 heteroatoms. The van der Waals surface area contributed by atoms with Gasteiger partial charge in [0, 0.05) is 19.2 Å². The third-order valence-corrected chi connectivity index (χ3v) is 4.85. The van der Waals surface area contributed by atoms with Gasteiger partial charge >= 0.3 is 0 Å². The summed E-state index contributed by atoms with van der Waals surface area (Å²) in [5.41, 5.74) is 0.139. The van der Waals surface area contributed by atoms with Gasteiger partial charge in [0.05, 0.1) is 23.2 Å². The van der Waals surface area contributed by atoms with Crippen LogP contribution in [0.3, 0.4) is 0 Å². The third kappa shape index (κ3) is 5.64. The van der Waals surface area contributed by atoms with Gasteiger partial charge in [0.2, 0.25) is 15.9 Å². The summed E-state index contributed by atoms with van der Waals surface area (Å²) in [6.07, 6.45) is 4.24. The highest BCUT2D eigenvalue weighted by molar-refractivity contribution is 7.88. The van der Waals surface area contributed by atoms with Gasteiger partial charge in [-0.25, -0.2) is 12.7 Å². The summed E-state index contributed by atoms with van der Waals surface area (Å²) in [4.78, 5) is 22.6. The van der Waals surface area contributed by atoms with Crippen molar-refractivity contribution in [3.8, 4) is 0 Å². The molecule has 0 aromatic heterocycles. The molecule has 0 fully saturated rings. The molecule has 1 aromatic carbocycles. The van der Waals surface area contributed by atoms with Crippen LogP contribution in [0.2, 0.25) is 0 Å². The number of hydrogen-bond acceptors (Lipinski definition) is 6. The first-order valence-corrected chi connectivity index (χ1v) is 9.51. The molecule has 0 aliphatic rings. The van der Waals surface area contributed by atoms with E-state index in [0.29, 0.717) is 10.7 Å². The lowest BCUT2D eigenvalue weighted by Crippen LogP contribution is -2.38. The molecule has 0 bridgehead atoms. The Morgan fingerprint density at radius 3 is 2.36 bits per heavy atom. The average Bonchev–Trinajstić information content (AvgIpc) is 2.56. The number of non-ortho nitro benzene ring substituents is 1. The number of carbonyl (C=O) groups excluding carboxylic acids is 1. The van der Waals surface area contributed by atoms with Crippen molar-refractivity contribution in [2.75, 3.05) is 13.3 Å². The highest BCUT2D eigenvalue weighted by Gasteiger charge is 2.31. The van der Waals surface area contributed by atoms with Crippen LogP contribution in [0.4, 0.5) is 5.69 Å². The number of rotatable bonds is 8. The molecule has 25 heavy (non-hydrogen) atoms. The lowest BCUT2D eigenvalue weighted by atomic mass is 9.94. The topological polar surface area (TPSA) is 118 Å². The quantitative estimate of drug-likeness (QED) is 0.425. The second kappa shape index (κ2) is 8.72. The van der Waals surface area contributed by atoms with Crippen molar-refractivity contribution in [2.24, 2.45) is 5.92 Å². The SMILES string of the molecule is CCC/C=C/[C@@H](C(=O)N(C)S(C)(=O)=O)[C@H](O)c1ccc([N+](=O)[O-])cc1. The van der Waals surface area contributed by atoms with Crippen LogP contribution in [0.15, 0.2) is 36.4 Å². The fourth-order valence-corrected chi connectivity index (χ4v) is 2.55. The van der Waals surface area contributed by atoms with Gasteiger partial charge in [-0.15, -0.1) is 0 Å². The normalized spacial score (nSPS) is 14.2. The van der Waals surface area contributed by atoms with E-state index in [9.17, 15) is 28.4 Å². The van der Waals surface area contributed by atoms with Crippen LogP contribution >= 0.6 is 0 Å². The van der Waals surface area contributed by atoms with E-state index in [1.807, 2.05) is 6.92 Å². The number of nitro benzene ring substituents is 1. The molecule has 0 aliphatic carbocycles. The van der Waals surface area contributed by atoms with Crippen LogP contribution in [0, 0.1) is 16.0 Å². The zero-order valence-electron chi connectivity index (χ0n) is 14.3. The molecule has 0 heterocycles. The van der Waals surface area contributed by atoms with Gasteiger partial charge in [0.1, 0.15) is 0 Å². The van der Waals surface area contributed by atoms with Gasteiger partial charge in [-0.05, 0) is 24.1 Å².